The maximum Gasteiger partial charge on any atom is 0.214 e. The van der Waals surface area contributed by atoms with Crippen LogP contribution >= 0.6 is 15.9 Å². The van der Waals surface area contributed by atoms with Crippen molar-refractivity contribution < 1.29 is 12.8 Å². The number of hydrogen-bond donors (Lipinski definition) is 2. The molecule has 0 spiro atoms. The summed E-state index contributed by atoms with van der Waals surface area (Å²) in [6.45, 7) is 4.79. The minimum Gasteiger partial charge on any atom is -0.357 e. The highest BCUT2D eigenvalue weighted by Crippen LogP contribution is 2.16. The Hall–Kier alpha value is -1.19. The molecule has 1 fully saturated rings. The molecule has 0 atom stereocenters. The van der Waals surface area contributed by atoms with Crippen LogP contribution < -0.4 is 10.6 Å². The van der Waals surface area contributed by atoms with Gasteiger partial charge in [0.15, 0.2) is 5.96 Å². The molecule has 0 radical (unpaired) electrons. The van der Waals surface area contributed by atoms with Crippen LogP contribution in [0.5, 0.6) is 0 Å². The van der Waals surface area contributed by atoms with Gasteiger partial charge in [0.1, 0.15) is 5.82 Å². The number of benzene rings is 1. The van der Waals surface area contributed by atoms with Crippen molar-refractivity contribution in [1.29, 1.82) is 0 Å². The Morgan fingerprint density at radius 1 is 1.38 bits per heavy atom. The molecule has 0 saturated carbocycles. The summed E-state index contributed by atoms with van der Waals surface area (Å²) in [6.07, 6.45) is 2.05. The van der Waals surface area contributed by atoms with Crippen LogP contribution in [-0.4, -0.2) is 57.2 Å². The normalized spacial score (nSPS) is 17.4. The molecule has 6 nitrogen and oxygen atoms in total. The molecule has 0 aliphatic carbocycles. The summed E-state index contributed by atoms with van der Waals surface area (Å²) in [6, 6.07) is 5.08. The molecule has 0 bridgehead atoms. The van der Waals surface area contributed by atoms with Crippen molar-refractivity contribution in [3.05, 3.63) is 34.1 Å². The number of nitrogens with one attached hydrogen (secondary N) is 2. The highest BCUT2D eigenvalue weighted by Gasteiger charge is 2.27. The summed E-state index contributed by atoms with van der Waals surface area (Å²) in [4.78, 5) is 4.47. The van der Waals surface area contributed by atoms with E-state index in [1.165, 1.54) is 10.4 Å². The Balaban J connectivity index is 1.77. The van der Waals surface area contributed by atoms with Crippen molar-refractivity contribution in [2.75, 3.05) is 38.5 Å². The first-order chi connectivity index (χ1) is 12.4. The van der Waals surface area contributed by atoms with Crippen LogP contribution in [0.2, 0.25) is 0 Å². The Bertz CT molecular complexity index is 727. The highest BCUT2D eigenvalue weighted by atomic mass is 79.9. The Morgan fingerprint density at radius 3 is 2.85 bits per heavy atom. The second-order valence-electron chi connectivity index (χ2n) is 6.10. The molecule has 1 heterocycles. The molecule has 1 saturated heterocycles. The largest absolute Gasteiger partial charge is 0.357 e. The molecule has 0 unspecified atom stereocenters. The molecule has 1 aliphatic heterocycles. The van der Waals surface area contributed by atoms with Crippen LogP contribution in [0.15, 0.2) is 27.7 Å². The third-order valence-electron chi connectivity index (χ3n) is 4.09. The van der Waals surface area contributed by atoms with E-state index in [0.717, 1.165) is 17.4 Å². The van der Waals surface area contributed by atoms with Gasteiger partial charge in [-0.2, -0.15) is 0 Å². The number of aryl methyl sites for hydroxylation is 1. The minimum absolute atomic E-state index is 0.208. The molecular weight excluding hydrogens is 423 g/mol. The van der Waals surface area contributed by atoms with Crippen LogP contribution in [-0.2, 0) is 16.4 Å². The van der Waals surface area contributed by atoms with E-state index in [4.69, 9.17) is 0 Å². The maximum absolute atomic E-state index is 13.8. The van der Waals surface area contributed by atoms with Crippen LogP contribution in [0.1, 0.15) is 25.3 Å². The van der Waals surface area contributed by atoms with Gasteiger partial charge in [-0.15, -0.1) is 0 Å². The van der Waals surface area contributed by atoms with Gasteiger partial charge in [0, 0.05) is 37.2 Å². The lowest BCUT2D eigenvalue weighted by atomic mass is 10.1. The summed E-state index contributed by atoms with van der Waals surface area (Å²) >= 11 is 3.25. The molecule has 2 N–H and O–H groups in total. The quantitative estimate of drug-likeness (QED) is 0.362. The average Bonchev–Trinajstić information content (AvgIpc) is 2.91. The average molecular weight is 449 g/mol. The van der Waals surface area contributed by atoms with Gasteiger partial charge in [-0.1, -0.05) is 22.0 Å². The fraction of sp³-hybridized carbons (Fsp3) is 0.588. The van der Waals surface area contributed by atoms with Gasteiger partial charge in [-0.3, -0.25) is 4.99 Å². The van der Waals surface area contributed by atoms with Gasteiger partial charge in [-0.25, -0.2) is 17.1 Å². The van der Waals surface area contributed by atoms with E-state index in [9.17, 15) is 12.8 Å². The number of nitrogens with zero attached hydrogens (tertiary/aromatic N) is 2. The van der Waals surface area contributed by atoms with E-state index in [-0.39, 0.29) is 11.6 Å². The highest BCUT2D eigenvalue weighted by molar-refractivity contribution is 9.10. The molecule has 1 aliphatic rings. The fourth-order valence-electron chi connectivity index (χ4n) is 2.77. The Kier molecular flexibility index (Phi) is 8.30. The molecule has 0 aromatic heterocycles. The van der Waals surface area contributed by atoms with Gasteiger partial charge in [0.05, 0.1) is 5.75 Å². The number of hydrogen-bond acceptors (Lipinski definition) is 3. The topological polar surface area (TPSA) is 73.8 Å². The smallest absolute Gasteiger partial charge is 0.214 e. The maximum atomic E-state index is 13.8. The van der Waals surface area contributed by atoms with E-state index in [2.05, 4.69) is 31.6 Å². The van der Waals surface area contributed by atoms with E-state index in [1.807, 2.05) is 13.0 Å². The Labute approximate surface area is 163 Å². The molecule has 0 amide bonds. The van der Waals surface area contributed by atoms with Gasteiger partial charge >= 0.3 is 0 Å². The summed E-state index contributed by atoms with van der Waals surface area (Å²) in [5.41, 5.74) is 0.681. The SMILES string of the molecule is CCNC(=NCCCc1ccc(Br)cc1F)NCCN1CCCS1(=O)=O. The molecule has 146 valence electrons. The number of rotatable bonds is 8. The lowest BCUT2D eigenvalue weighted by Gasteiger charge is -2.16. The predicted molar refractivity (Wildman–Crippen MR) is 106 cm³/mol. The van der Waals surface area contributed by atoms with Crippen LogP contribution in [0.25, 0.3) is 0 Å². The summed E-state index contributed by atoms with van der Waals surface area (Å²) in [5.74, 6) is 0.689. The third-order valence-corrected chi connectivity index (χ3v) is 6.54. The standard InChI is InChI=1S/C17H26BrFN4O2S/c1-2-20-17(22-9-11-23-10-4-12-26(23,24)25)21-8-3-5-14-6-7-15(18)13-16(14)19/h6-7,13H,2-5,8-12H2,1H3,(H2,20,21,22). The number of sulfonamides is 1. The zero-order chi connectivity index (χ0) is 19.0. The first-order valence-electron chi connectivity index (χ1n) is 8.86. The van der Waals surface area contributed by atoms with Crippen molar-refractivity contribution in [2.45, 2.75) is 26.2 Å². The van der Waals surface area contributed by atoms with Crippen molar-refractivity contribution in [3.8, 4) is 0 Å². The van der Waals surface area contributed by atoms with Gasteiger partial charge in [-0.05, 0) is 43.9 Å². The van der Waals surface area contributed by atoms with Crippen LogP contribution in [0.3, 0.4) is 0 Å². The van der Waals surface area contributed by atoms with Crippen molar-refractivity contribution in [1.82, 2.24) is 14.9 Å². The van der Waals surface area contributed by atoms with E-state index < -0.39 is 10.0 Å². The third kappa shape index (κ3) is 6.51. The lowest BCUT2D eigenvalue weighted by molar-refractivity contribution is 0.445. The van der Waals surface area contributed by atoms with Crippen molar-refractivity contribution in [3.63, 3.8) is 0 Å². The van der Waals surface area contributed by atoms with Crippen molar-refractivity contribution in [2.24, 2.45) is 4.99 Å². The number of guanidine groups is 1. The first-order valence-corrected chi connectivity index (χ1v) is 11.3. The van der Waals surface area contributed by atoms with Crippen LogP contribution in [0, 0.1) is 5.82 Å². The molecule has 2 rings (SSSR count). The number of aliphatic imine (C=N–C) groups is 1. The zero-order valence-corrected chi connectivity index (χ0v) is 17.4. The summed E-state index contributed by atoms with van der Waals surface area (Å²) < 4.78 is 39.6. The molecule has 1 aromatic rings. The lowest BCUT2D eigenvalue weighted by Crippen LogP contribution is -2.42. The summed E-state index contributed by atoms with van der Waals surface area (Å²) in [5, 5.41) is 6.29. The van der Waals surface area contributed by atoms with E-state index in [0.29, 0.717) is 50.5 Å². The zero-order valence-electron chi connectivity index (χ0n) is 15.0. The van der Waals surface area contributed by atoms with E-state index in [1.54, 1.807) is 6.07 Å². The molecule has 26 heavy (non-hydrogen) atoms. The molecular formula is C17H26BrFN4O2S. The fourth-order valence-corrected chi connectivity index (χ4v) is 4.63. The second kappa shape index (κ2) is 10.2. The van der Waals surface area contributed by atoms with Crippen LogP contribution in [0.4, 0.5) is 4.39 Å². The van der Waals surface area contributed by atoms with Gasteiger partial charge in [0.2, 0.25) is 10.0 Å². The molecule has 9 heteroatoms. The van der Waals surface area contributed by atoms with Gasteiger partial charge < -0.3 is 10.6 Å². The van der Waals surface area contributed by atoms with Gasteiger partial charge in [0.25, 0.3) is 0 Å². The second-order valence-corrected chi connectivity index (χ2v) is 9.10. The number of halogens is 2. The predicted octanol–water partition coefficient (Wildman–Crippen LogP) is 2.11. The monoisotopic (exact) mass is 448 g/mol. The minimum atomic E-state index is -3.06. The molecule has 1 aromatic carbocycles. The first kappa shape index (κ1) is 21.1. The van der Waals surface area contributed by atoms with E-state index >= 15 is 0 Å². The Morgan fingerprint density at radius 2 is 2.19 bits per heavy atom. The van der Waals surface area contributed by atoms with Crippen molar-refractivity contribution >= 4 is 31.9 Å². The summed E-state index contributed by atoms with van der Waals surface area (Å²) in [7, 11) is -3.06.